The van der Waals surface area contributed by atoms with Gasteiger partial charge in [-0.1, -0.05) is 12.1 Å². The van der Waals surface area contributed by atoms with E-state index in [1.165, 1.54) is 7.11 Å². The van der Waals surface area contributed by atoms with Crippen molar-refractivity contribution in [2.24, 2.45) is 5.73 Å². The molecule has 1 aromatic rings. The van der Waals surface area contributed by atoms with Crippen molar-refractivity contribution in [3.63, 3.8) is 0 Å². The lowest BCUT2D eigenvalue weighted by Crippen LogP contribution is -2.03. The average Bonchev–Trinajstić information content (AvgIpc) is 2.09. The number of hydrogen-bond acceptors (Lipinski definition) is 3. The van der Waals surface area contributed by atoms with Crippen molar-refractivity contribution in [1.29, 1.82) is 0 Å². The number of nitrogens with two attached hydrogens (primary N) is 1. The fraction of sp³-hybridized carbons (Fsp3) is 0.333. The van der Waals surface area contributed by atoms with Crippen LogP contribution in [0.1, 0.15) is 5.56 Å². The third kappa shape index (κ3) is 1.68. The second-order valence-electron chi connectivity index (χ2n) is 2.51. The van der Waals surface area contributed by atoms with Gasteiger partial charge in [-0.25, -0.2) is 0 Å². The zero-order valence-corrected chi connectivity index (χ0v) is 7.08. The van der Waals surface area contributed by atoms with Gasteiger partial charge in [0.15, 0.2) is 11.5 Å². The van der Waals surface area contributed by atoms with E-state index in [9.17, 15) is 5.11 Å². The highest BCUT2D eigenvalue weighted by Crippen LogP contribution is 2.29. The molecule has 0 fully saturated rings. The summed E-state index contributed by atoms with van der Waals surface area (Å²) in [4.78, 5) is 0. The van der Waals surface area contributed by atoms with Crippen LogP contribution in [0.4, 0.5) is 0 Å². The van der Waals surface area contributed by atoms with E-state index in [2.05, 4.69) is 0 Å². The molecule has 0 spiro atoms. The lowest BCUT2D eigenvalue weighted by Gasteiger charge is -2.06. The molecule has 3 heteroatoms. The number of phenolic OH excluding ortho intramolecular Hbond substituents is 1. The van der Waals surface area contributed by atoms with E-state index in [-0.39, 0.29) is 5.75 Å². The molecule has 0 aromatic heterocycles. The van der Waals surface area contributed by atoms with Gasteiger partial charge in [0, 0.05) is 0 Å². The Balaban J connectivity index is 2.97. The molecule has 0 aliphatic carbocycles. The summed E-state index contributed by atoms with van der Waals surface area (Å²) in [7, 11) is 1.53. The molecule has 0 radical (unpaired) electrons. The smallest absolute Gasteiger partial charge is 0.160 e. The van der Waals surface area contributed by atoms with E-state index in [0.29, 0.717) is 18.7 Å². The van der Waals surface area contributed by atoms with Gasteiger partial charge in [0.25, 0.3) is 0 Å². The van der Waals surface area contributed by atoms with Crippen LogP contribution >= 0.6 is 0 Å². The highest BCUT2D eigenvalue weighted by Gasteiger charge is 2.04. The van der Waals surface area contributed by atoms with Crippen LogP contribution in [-0.2, 0) is 6.42 Å². The van der Waals surface area contributed by atoms with Crippen molar-refractivity contribution >= 4 is 0 Å². The fourth-order valence-electron chi connectivity index (χ4n) is 1.09. The van der Waals surface area contributed by atoms with Crippen molar-refractivity contribution in [2.75, 3.05) is 13.7 Å². The third-order valence-electron chi connectivity index (χ3n) is 1.72. The predicted octanol–water partition coefficient (Wildman–Crippen LogP) is 0.902. The van der Waals surface area contributed by atoms with Gasteiger partial charge in [0.1, 0.15) is 0 Å². The maximum atomic E-state index is 9.54. The van der Waals surface area contributed by atoms with E-state index in [1.54, 1.807) is 6.07 Å². The summed E-state index contributed by atoms with van der Waals surface area (Å²) in [5.74, 6) is 0.700. The third-order valence-corrected chi connectivity index (χ3v) is 1.72. The Morgan fingerprint density at radius 1 is 1.50 bits per heavy atom. The molecule has 0 aliphatic rings. The minimum Gasteiger partial charge on any atom is -0.504 e. The summed E-state index contributed by atoms with van der Waals surface area (Å²) >= 11 is 0. The molecular formula is C9H13NO2. The molecule has 0 aliphatic heterocycles. The first-order valence-electron chi connectivity index (χ1n) is 3.84. The molecular weight excluding hydrogens is 154 g/mol. The summed E-state index contributed by atoms with van der Waals surface area (Å²) in [6.45, 7) is 0.528. The number of para-hydroxylation sites is 1. The van der Waals surface area contributed by atoms with Gasteiger partial charge >= 0.3 is 0 Å². The molecule has 3 N–H and O–H groups in total. The first-order valence-corrected chi connectivity index (χ1v) is 3.84. The number of phenols is 1. The lowest BCUT2D eigenvalue weighted by atomic mass is 10.1. The zero-order chi connectivity index (χ0) is 8.97. The number of methoxy groups -OCH3 is 1. The van der Waals surface area contributed by atoms with Crippen LogP contribution in [0.3, 0.4) is 0 Å². The van der Waals surface area contributed by atoms with Gasteiger partial charge in [-0.2, -0.15) is 0 Å². The molecule has 3 nitrogen and oxygen atoms in total. The second kappa shape index (κ2) is 3.97. The van der Waals surface area contributed by atoms with E-state index in [1.807, 2.05) is 12.1 Å². The first-order chi connectivity index (χ1) is 5.79. The van der Waals surface area contributed by atoms with E-state index < -0.39 is 0 Å². The summed E-state index contributed by atoms with van der Waals surface area (Å²) in [6, 6.07) is 5.39. The SMILES string of the molecule is COc1cccc(CCN)c1O. The Labute approximate surface area is 71.8 Å². The Morgan fingerprint density at radius 2 is 2.25 bits per heavy atom. The van der Waals surface area contributed by atoms with Gasteiger partial charge in [0.05, 0.1) is 7.11 Å². The predicted molar refractivity (Wildman–Crippen MR) is 47.4 cm³/mol. The molecule has 0 amide bonds. The summed E-state index contributed by atoms with van der Waals surface area (Å²) < 4.78 is 4.94. The Hall–Kier alpha value is -1.22. The quantitative estimate of drug-likeness (QED) is 0.703. The van der Waals surface area contributed by atoms with Crippen LogP contribution in [0, 0.1) is 0 Å². The number of rotatable bonds is 3. The molecule has 0 unspecified atom stereocenters. The number of benzene rings is 1. The van der Waals surface area contributed by atoms with Gasteiger partial charge in [-0.15, -0.1) is 0 Å². The second-order valence-corrected chi connectivity index (χ2v) is 2.51. The Morgan fingerprint density at radius 3 is 2.83 bits per heavy atom. The van der Waals surface area contributed by atoms with E-state index in [0.717, 1.165) is 5.56 Å². The van der Waals surface area contributed by atoms with Gasteiger partial charge in [-0.3, -0.25) is 0 Å². The van der Waals surface area contributed by atoms with Crippen LogP contribution in [0.25, 0.3) is 0 Å². The van der Waals surface area contributed by atoms with Crippen molar-refractivity contribution in [3.05, 3.63) is 23.8 Å². The van der Waals surface area contributed by atoms with Crippen LogP contribution in [0.5, 0.6) is 11.5 Å². The monoisotopic (exact) mass is 167 g/mol. The summed E-state index contributed by atoms with van der Waals surface area (Å²) in [6.07, 6.45) is 0.670. The van der Waals surface area contributed by atoms with Crippen LogP contribution in [-0.4, -0.2) is 18.8 Å². The van der Waals surface area contributed by atoms with E-state index in [4.69, 9.17) is 10.5 Å². The topological polar surface area (TPSA) is 55.5 Å². The van der Waals surface area contributed by atoms with Crippen LogP contribution in [0.15, 0.2) is 18.2 Å². The van der Waals surface area contributed by atoms with Crippen LogP contribution in [0.2, 0.25) is 0 Å². The Bertz CT molecular complexity index is 261. The van der Waals surface area contributed by atoms with Crippen molar-refractivity contribution in [2.45, 2.75) is 6.42 Å². The molecule has 0 bridgehead atoms. The minimum absolute atomic E-state index is 0.199. The van der Waals surface area contributed by atoms with E-state index >= 15 is 0 Å². The average molecular weight is 167 g/mol. The highest BCUT2D eigenvalue weighted by molar-refractivity contribution is 5.45. The maximum absolute atomic E-state index is 9.54. The zero-order valence-electron chi connectivity index (χ0n) is 7.08. The number of aromatic hydroxyl groups is 1. The van der Waals surface area contributed by atoms with Crippen molar-refractivity contribution < 1.29 is 9.84 Å². The number of hydrogen-bond donors (Lipinski definition) is 2. The first kappa shape index (κ1) is 8.87. The molecule has 0 saturated heterocycles. The maximum Gasteiger partial charge on any atom is 0.160 e. The van der Waals surface area contributed by atoms with Gasteiger partial charge < -0.3 is 15.6 Å². The van der Waals surface area contributed by atoms with Gasteiger partial charge in [0.2, 0.25) is 0 Å². The molecule has 0 saturated carbocycles. The lowest BCUT2D eigenvalue weighted by molar-refractivity contribution is 0.370. The molecule has 1 rings (SSSR count). The van der Waals surface area contributed by atoms with Crippen molar-refractivity contribution in [3.8, 4) is 11.5 Å². The Kier molecular flexibility index (Phi) is 2.94. The summed E-state index contributed by atoms with van der Waals surface area (Å²) in [5.41, 5.74) is 6.20. The largest absolute Gasteiger partial charge is 0.504 e. The highest BCUT2D eigenvalue weighted by atomic mass is 16.5. The molecule has 0 atom stereocenters. The van der Waals surface area contributed by atoms with Crippen LogP contribution < -0.4 is 10.5 Å². The molecule has 66 valence electrons. The molecule has 0 heterocycles. The normalized spacial score (nSPS) is 9.83. The van der Waals surface area contributed by atoms with Crippen molar-refractivity contribution in [1.82, 2.24) is 0 Å². The number of ether oxygens (including phenoxy) is 1. The standard InChI is InChI=1S/C9H13NO2/c1-12-8-4-2-3-7(5-6-10)9(8)11/h2-4,11H,5-6,10H2,1H3. The summed E-state index contributed by atoms with van der Waals surface area (Å²) in [5, 5.41) is 9.54. The minimum atomic E-state index is 0.199. The molecule has 12 heavy (non-hydrogen) atoms. The molecule has 1 aromatic carbocycles. The van der Waals surface area contributed by atoms with Gasteiger partial charge in [-0.05, 0) is 24.6 Å². The fourth-order valence-corrected chi connectivity index (χ4v) is 1.09.